The quantitative estimate of drug-likeness (QED) is 0.849. The zero-order valence-electron chi connectivity index (χ0n) is 14.9. The second-order valence-electron chi connectivity index (χ2n) is 7.71. The Bertz CT molecular complexity index is 792. The molecule has 1 aromatic carbocycles. The number of likely N-dealkylation sites (tertiary alicyclic amines) is 1. The zero-order valence-corrected chi connectivity index (χ0v) is 14.9. The fourth-order valence-electron chi connectivity index (χ4n) is 4.71. The highest BCUT2D eigenvalue weighted by Gasteiger charge is 2.43. The molecule has 0 N–H and O–H groups in total. The van der Waals surface area contributed by atoms with Gasteiger partial charge in [-0.15, -0.1) is 0 Å². The minimum Gasteiger partial charge on any atom is -0.339 e. The minimum absolute atomic E-state index is 0.107. The van der Waals surface area contributed by atoms with E-state index in [1.807, 2.05) is 29.2 Å². The lowest BCUT2D eigenvalue weighted by Crippen LogP contribution is -2.35. The normalized spacial score (nSPS) is 27.8. The molecule has 4 heterocycles. The van der Waals surface area contributed by atoms with Crippen LogP contribution >= 0.6 is 0 Å². The lowest BCUT2D eigenvalue weighted by Gasteiger charge is -2.26. The molecule has 1 atom stereocenters. The maximum atomic E-state index is 12.7. The van der Waals surface area contributed by atoms with Crippen molar-refractivity contribution in [3.63, 3.8) is 0 Å². The van der Waals surface area contributed by atoms with Crippen molar-refractivity contribution in [3.05, 3.63) is 35.7 Å². The van der Waals surface area contributed by atoms with Crippen molar-refractivity contribution in [3.8, 4) is 11.4 Å². The monoisotopic (exact) mass is 352 g/mol. The van der Waals surface area contributed by atoms with Crippen molar-refractivity contribution in [2.45, 2.75) is 38.1 Å². The van der Waals surface area contributed by atoms with Gasteiger partial charge in [0, 0.05) is 24.2 Å². The van der Waals surface area contributed by atoms with Gasteiger partial charge in [0.15, 0.2) is 0 Å². The zero-order chi connectivity index (χ0) is 17.5. The molecule has 1 unspecified atom stereocenters. The van der Waals surface area contributed by atoms with E-state index < -0.39 is 0 Å². The predicted molar refractivity (Wildman–Crippen MR) is 96.5 cm³/mol. The number of carbonyl (C=O) groups excluding carboxylic acids is 1. The molecule has 6 nitrogen and oxygen atoms in total. The number of carbonyl (C=O) groups is 1. The number of rotatable bonds is 3. The topological polar surface area (TPSA) is 62.5 Å². The second-order valence-corrected chi connectivity index (χ2v) is 7.71. The predicted octanol–water partition coefficient (Wildman–Crippen LogP) is 3.13. The summed E-state index contributed by atoms with van der Waals surface area (Å²) in [4.78, 5) is 21.8. The summed E-state index contributed by atoms with van der Waals surface area (Å²) in [5.41, 5.74) is 1.56. The largest absolute Gasteiger partial charge is 0.339 e. The van der Waals surface area contributed by atoms with Gasteiger partial charge in [0.2, 0.25) is 11.7 Å². The van der Waals surface area contributed by atoms with Crippen LogP contribution in [-0.4, -0.2) is 52.0 Å². The fourth-order valence-corrected chi connectivity index (χ4v) is 4.71. The van der Waals surface area contributed by atoms with Gasteiger partial charge in [-0.3, -0.25) is 9.69 Å². The van der Waals surface area contributed by atoms with Crippen LogP contribution in [0.1, 0.15) is 54.4 Å². The smallest absolute Gasteiger partial charge is 0.253 e. The Hall–Kier alpha value is -2.21. The highest BCUT2D eigenvalue weighted by Crippen LogP contribution is 2.44. The minimum atomic E-state index is 0.107. The van der Waals surface area contributed by atoms with Crippen LogP contribution in [0.3, 0.4) is 0 Å². The van der Waals surface area contributed by atoms with Crippen LogP contribution < -0.4 is 0 Å². The van der Waals surface area contributed by atoms with Gasteiger partial charge in [-0.05, 0) is 63.2 Å². The molecule has 0 spiro atoms. The van der Waals surface area contributed by atoms with Crippen LogP contribution in [0.2, 0.25) is 0 Å². The molecule has 26 heavy (non-hydrogen) atoms. The summed E-state index contributed by atoms with van der Waals surface area (Å²) in [6.07, 6.45) is 5.86. The third kappa shape index (κ3) is 2.72. The molecule has 2 bridgehead atoms. The number of aromatic nitrogens is 2. The Labute approximate surface area is 153 Å². The number of amides is 1. The van der Waals surface area contributed by atoms with Gasteiger partial charge >= 0.3 is 0 Å². The van der Waals surface area contributed by atoms with Crippen molar-refractivity contribution in [2.24, 2.45) is 5.92 Å². The molecule has 0 saturated carbocycles. The van der Waals surface area contributed by atoms with E-state index in [-0.39, 0.29) is 11.9 Å². The molecule has 0 radical (unpaired) electrons. The van der Waals surface area contributed by atoms with Crippen LogP contribution in [0, 0.1) is 5.92 Å². The third-order valence-corrected chi connectivity index (χ3v) is 6.12. The number of benzene rings is 1. The van der Waals surface area contributed by atoms with E-state index >= 15 is 0 Å². The molecule has 1 aromatic heterocycles. The Morgan fingerprint density at radius 1 is 1.08 bits per heavy atom. The summed E-state index contributed by atoms with van der Waals surface area (Å²) >= 11 is 0. The molecular formula is C20H24N4O2. The van der Waals surface area contributed by atoms with Gasteiger partial charge in [-0.25, -0.2) is 0 Å². The van der Waals surface area contributed by atoms with Crippen LogP contribution in [0.15, 0.2) is 28.8 Å². The summed E-state index contributed by atoms with van der Waals surface area (Å²) in [5, 5.41) is 4.20. The third-order valence-electron chi connectivity index (χ3n) is 6.12. The summed E-state index contributed by atoms with van der Waals surface area (Å²) < 4.78 is 5.60. The summed E-state index contributed by atoms with van der Waals surface area (Å²) in [5.74, 6) is 2.07. The lowest BCUT2D eigenvalue weighted by molar-refractivity contribution is 0.0724. The number of piperidine rings is 2. The molecule has 3 aliphatic rings. The van der Waals surface area contributed by atoms with E-state index in [2.05, 4.69) is 15.0 Å². The van der Waals surface area contributed by atoms with Gasteiger partial charge in [-0.2, -0.15) is 4.98 Å². The summed E-state index contributed by atoms with van der Waals surface area (Å²) in [6.45, 7) is 3.97. The lowest BCUT2D eigenvalue weighted by atomic mass is 10.00. The Balaban J connectivity index is 1.38. The van der Waals surface area contributed by atoms with Gasteiger partial charge in [0.05, 0.1) is 6.04 Å². The van der Waals surface area contributed by atoms with E-state index in [1.54, 1.807) is 0 Å². The number of hydrogen-bond donors (Lipinski definition) is 0. The molecule has 3 aliphatic heterocycles. The first kappa shape index (κ1) is 16.0. The van der Waals surface area contributed by atoms with Crippen LogP contribution in [0.4, 0.5) is 0 Å². The van der Waals surface area contributed by atoms with Gasteiger partial charge < -0.3 is 9.42 Å². The van der Waals surface area contributed by atoms with Crippen molar-refractivity contribution in [2.75, 3.05) is 26.2 Å². The van der Waals surface area contributed by atoms with E-state index in [0.717, 1.165) is 50.5 Å². The number of fused-ring (bicyclic) bond motifs is 2. The Morgan fingerprint density at radius 2 is 1.88 bits per heavy atom. The molecule has 5 rings (SSSR count). The summed E-state index contributed by atoms with van der Waals surface area (Å²) in [7, 11) is 0. The maximum absolute atomic E-state index is 12.7. The molecule has 3 fully saturated rings. The Morgan fingerprint density at radius 3 is 2.62 bits per heavy atom. The Kier molecular flexibility index (Phi) is 4.00. The first-order chi connectivity index (χ1) is 12.8. The van der Waals surface area contributed by atoms with E-state index in [1.165, 1.54) is 19.3 Å². The van der Waals surface area contributed by atoms with Crippen molar-refractivity contribution < 1.29 is 9.32 Å². The van der Waals surface area contributed by atoms with Gasteiger partial charge in [0.1, 0.15) is 0 Å². The summed E-state index contributed by atoms with van der Waals surface area (Å²) in [6, 6.07) is 7.92. The van der Waals surface area contributed by atoms with Crippen molar-refractivity contribution in [1.29, 1.82) is 0 Å². The first-order valence-electron chi connectivity index (χ1n) is 9.77. The van der Waals surface area contributed by atoms with E-state index in [9.17, 15) is 4.79 Å². The number of hydrogen-bond acceptors (Lipinski definition) is 5. The molecule has 136 valence electrons. The molecule has 6 heteroatoms. The van der Waals surface area contributed by atoms with Crippen molar-refractivity contribution >= 4 is 5.91 Å². The van der Waals surface area contributed by atoms with Crippen LogP contribution in [-0.2, 0) is 0 Å². The van der Waals surface area contributed by atoms with Crippen LogP contribution in [0.25, 0.3) is 11.4 Å². The molecule has 2 aromatic rings. The van der Waals surface area contributed by atoms with Crippen LogP contribution in [0.5, 0.6) is 0 Å². The molecule has 0 aliphatic carbocycles. The first-order valence-corrected chi connectivity index (χ1v) is 9.77. The van der Waals surface area contributed by atoms with Gasteiger partial charge in [0.25, 0.3) is 5.91 Å². The average molecular weight is 352 g/mol. The van der Waals surface area contributed by atoms with Crippen molar-refractivity contribution in [1.82, 2.24) is 19.9 Å². The second kappa shape index (κ2) is 6.50. The maximum Gasteiger partial charge on any atom is 0.253 e. The molecule has 1 amide bonds. The van der Waals surface area contributed by atoms with E-state index in [0.29, 0.717) is 17.3 Å². The highest BCUT2D eigenvalue weighted by atomic mass is 16.5. The standard InChI is InChI=1S/C20H24N4O2/c25-20(24-9-2-1-3-10-24)16-6-4-5-15(13-16)18-21-19(26-22-18)17-14-7-11-23(17)12-8-14/h4-6,13-14,17H,1-3,7-12H2. The van der Waals surface area contributed by atoms with E-state index in [4.69, 9.17) is 4.52 Å². The molecular weight excluding hydrogens is 328 g/mol. The fraction of sp³-hybridized carbons (Fsp3) is 0.550. The SMILES string of the molecule is O=C(c1cccc(-c2noc(C3C4CCN3CC4)n2)c1)N1CCCCC1. The molecule has 3 saturated heterocycles. The average Bonchev–Trinajstić information content (AvgIpc) is 3.43. The van der Waals surface area contributed by atoms with Gasteiger partial charge in [-0.1, -0.05) is 17.3 Å². The highest BCUT2D eigenvalue weighted by molar-refractivity contribution is 5.95. The number of nitrogens with zero attached hydrogens (tertiary/aromatic N) is 4.